The van der Waals surface area contributed by atoms with Crippen LogP contribution in [0.2, 0.25) is 5.15 Å². The normalized spacial score (nSPS) is 11.6. The van der Waals surface area contributed by atoms with Gasteiger partial charge in [0, 0.05) is 11.2 Å². The van der Waals surface area contributed by atoms with E-state index in [0.717, 1.165) is 21.0 Å². The molecule has 4 nitrogen and oxygen atoms in total. The van der Waals surface area contributed by atoms with Crippen molar-refractivity contribution in [3.8, 4) is 0 Å². The van der Waals surface area contributed by atoms with Gasteiger partial charge in [-0.25, -0.2) is 8.42 Å². The van der Waals surface area contributed by atoms with E-state index in [1.807, 2.05) is 13.8 Å². The molecule has 1 heterocycles. The molecule has 2 aromatic rings. The van der Waals surface area contributed by atoms with Gasteiger partial charge in [0.1, 0.15) is 5.03 Å². The molecule has 0 fully saturated rings. The summed E-state index contributed by atoms with van der Waals surface area (Å²) in [7, 11) is -3.17. The average Bonchev–Trinajstić information content (AvgIpc) is 2.39. The summed E-state index contributed by atoms with van der Waals surface area (Å²) >= 11 is 7.34. The third kappa shape index (κ3) is 3.31. The Morgan fingerprint density at radius 3 is 2.20 bits per heavy atom. The first kappa shape index (κ1) is 15.3. The zero-order valence-electron chi connectivity index (χ0n) is 11.2. The van der Waals surface area contributed by atoms with Crippen LogP contribution in [0.5, 0.6) is 0 Å². The van der Waals surface area contributed by atoms with Gasteiger partial charge in [-0.2, -0.15) is 0 Å². The maximum Gasteiger partial charge on any atom is 0.175 e. The number of sulfone groups is 1. The highest BCUT2D eigenvalue weighted by molar-refractivity contribution is 7.99. The molecule has 0 atom stereocenters. The molecule has 1 aromatic heterocycles. The van der Waals surface area contributed by atoms with Crippen molar-refractivity contribution >= 4 is 33.2 Å². The molecule has 0 amide bonds. The van der Waals surface area contributed by atoms with E-state index in [2.05, 4.69) is 10.2 Å². The van der Waals surface area contributed by atoms with Gasteiger partial charge in [-0.15, -0.1) is 10.2 Å². The van der Waals surface area contributed by atoms with Crippen LogP contribution in [-0.2, 0) is 9.84 Å². The van der Waals surface area contributed by atoms with E-state index in [-0.39, 0.29) is 0 Å². The van der Waals surface area contributed by atoms with Crippen LogP contribution in [0.15, 0.2) is 39.1 Å². The predicted octanol–water partition coefficient (Wildman–Crippen LogP) is 3.30. The molecule has 1 aromatic carbocycles. The lowest BCUT2D eigenvalue weighted by Gasteiger charge is -2.07. The molecule has 0 saturated heterocycles. The van der Waals surface area contributed by atoms with Crippen LogP contribution in [0, 0.1) is 13.8 Å². The second kappa shape index (κ2) is 5.71. The Bertz CT molecular complexity index is 744. The second-order valence-electron chi connectivity index (χ2n) is 4.39. The Hall–Kier alpha value is -1.11. The molecule has 0 spiro atoms. The van der Waals surface area contributed by atoms with Crippen molar-refractivity contribution < 1.29 is 8.42 Å². The number of hydrogen-bond acceptors (Lipinski definition) is 5. The van der Waals surface area contributed by atoms with Gasteiger partial charge in [0.15, 0.2) is 15.0 Å². The lowest BCUT2D eigenvalue weighted by molar-refractivity contribution is 0.602. The van der Waals surface area contributed by atoms with E-state index < -0.39 is 9.84 Å². The molecule has 7 heteroatoms. The highest BCUT2D eigenvalue weighted by atomic mass is 35.5. The number of nitrogens with zero attached hydrogens (tertiary/aromatic N) is 2. The Balaban J connectivity index is 2.30. The third-order valence-corrected chi connectivity index (χ3v) is 5.46. The van der Waals surface area contributed by atoms with Crippen molar-refractivity contribution in [3.63, 3.8) is 0 Å². The molecule has 0 bridgehead atoms. The maximum atomic E-state index is 11.4. The topological polar surface area (TPSA) is 59.9 Å². The van der Waals surface area contributed by atoms with E-state index in [1.54, 1.807) is 24.3 Å². The predicted molar refractivity (Wildman–Crippen MR) is 80.2 cm³/mol. The summed E-state index contributed by atoms with van der Waals surface area (Å²) in [5.74, 6) is 0. The average molecular weight is 329 g/mol. The molecule has 20 heavy (non-hydrogen) atoms. The number of aromatic nitrogens is 2. The zero-order chi connectivity index (χ0) is 14.9. The number of hydrogen-bond donors (Lipinski definition) is 0. The fourth-order valence-electron chi connectivity index (χ4n) is 1.52. The molecule has 0 aliphatic rings. The zero-order valence-corrected chi connectivity index (χ0v) is 13.6. The Kier molecular flexibility index (Phi) is 4.36. The number of halogens is 1. The Morgan fingerprint density at radius 2 is 1.65 bits per heavy atom. The lowest BCUT2D eigenvalue weighted by atomic mass is 10.2. The minimum absolute atomic E-state index is 0.303. The molecular formula is C13H13ClN2O2S2. The molecule has 106 valence electrons. The molecule has 0 unspecified atom stereocenters. The summed E-state index contributed by atoms with van der Waals surface area (Å²) < 4.78 is 22.8. The fraction of sp³-hybridized carbons (Fsp3) is 0.231. The van der Waals surface area contributed by atoms with Crippen molar-refractivity contribution in [3.05, 3.63) is 40.5 Å². The van der Waals surface area contributed by atoms with Gasteiger partial charge >= 0.3 is 0 Å². The first-order valence-corrected chi connectivity index (χ1v) is 8.85. The van der Waals surface area contributed by atoms with Crippen molar-refractivity contribution in [2.45, 2.75) is 28.7 Å². The third-order valence-electron chi connectivity index (χ3n) is 2.89. The highest BCUT2D eigenvalue weighted by Gasteiger charge is 2.11. The summed E-state index contributed by atoms with van der Waals surface area (Å²) in [4.78, 5) is 1.20. The summed E-state index contributed by atoms with van der Waals surface area (Å²) in [6.07, 6.45) is 1.19. The molecular weight excluding hydrogens is 316 g/mol. The summed E-state index contributed by atoms with van der Waals surface area (Å²) in [5, 5.41) is 9.12. The van der Waals surface area contributed by atoms with Gasteiger partial charge < -0.3 is 0 Å². The maximum absolute atomic E-state index is 11.4. The summed E-state index contributed by atoms with van der Waals surface area (Å²) in [5.41, 5.74) is 1.87. The van der Waals surface area contributed by atoms with Crippen molar-refractivity contribution in [2.75, 3.05) is 6.26 Å². The second-order valence-corrected chi connectivity index (χ2v) is 7.83. The van der Waals surface area contributed by atoms with Crippen LogP contribution in [0.1, 0.15) is 11.1 Å². The Morgan fingerprint density at radius 1 is 1.05 bits per heavy atom. The first-order valence-electron chi connectivity index (χ1n) is 5.76. The molecule has 2 rings (SSSR count). The highest BCUT2D eigenvalue weighted by Crippen LogP contribution is 2.31. The van der Waals surface area contributed by atoms with Crippen LogP contribution in [0.25, 0.3) is 0 Å². The quantitative estimate of drug-likeness (QED) is 0.865. The van der Waals surface area contributed by atoms with E-state index in [9.17, 15) is 8.42 Å². The van der Waals surface area contributed by atoms with Crippen molar-refractivity contribution in [1.82, 2.24) is 10.2 Å². The van der Waals surface area contributed by atoms with Gasteiger partial charge in [-0.1, -0.05) is 23.4 Å². The number of benzene rings is 1. The van der Waals surface area contributed by atoms with Gasteiger partial charge in [0.05, 0.1) is 4.90 Å². The van der Waals surface area contributed by atoms with Crippen LogP contribution >= 0.6 is 23.4 Å². The standard InChI is InChI=1S/C13H13ClN2O2S2/c1-8-9(2)13(16-15-12(8)14)19-10-4-6-11(7-5-10)20(3,17)18/h4-7H,1-3H3. The van der Waals surface area contributed by atoms with Crippen LogP contribution < -0.4 is 0 Å². The minimum Gasteiger partial charge on any atom is -0.224 e. The van der Waals surface area contributed by atoms with Crippen molar-refractivity contribution in [1.29, 1.82) is 0 Å². The SMILES string of the molecule is Cc1c(Cl)nnc(Sc2ccc(S(C)(=O)=O)cc2)c1C. The van der Waals surface area contributed by atoms with Crippen LogP contribution in [-0.4, -0.2) is 24.9 Å². The summed E-state index contributed by atoms with van der Waals surface area (Å²) in [6, 6.07) is 6.69. The number of rotatable bonds is 3. The monoisotopic (exact) mass is 328 g/mol. The first-order chi connectivity index (χ1) is 9.29. The molecule has 0 aliphatic heterocycles. The van der Waals surface area contributed by atoms with E-state index in [1.165, 1.54) is 18.0 Å². The van der Waals surface area contributed by atoms with Crippen LogP contribution in [0.4, 0.5) is 0 Å². The van der Waals surface area contributed by atoms with E-state index in [0.29, 0.717) is 10.0 Å². The van der Waals surface area contributed by atoms with E-state index in [4.69, 9.17) is 11.6 Å². The molecule has 0 aliphatic carbocycles. The summed E-state index contributed by atoms with van der Waals surface area (Å²) in [6.45, 7) is 3.83. The van der Waals surface area contributed by atoms with Gasteiger partial charge in [-0.3, -0.25) is 0 Å². The van der Waals surface area contributed by atoms with Gasteiger partial charge in [0.2, 0.25) is 0 Å². The fourth-order valence-corrected chi connectivity index (χ4v) is 3.21. The van der Waals surface area contributed by atoms with Crippen LogP contribution in [0.3, 0.4) is 0 Å². The lowest BCUT2D eigenvalue weighted by Crippen LogP contribution is -1.97. The van der Waals surface area contributed by atoms with Crippen molar-refractivity contribution in [2.24, 2.45) is 0 Å². The van der Waals surface area contributed by atoms with E-state index >= 15 is 0 Å². The van der Waals surface area contributed by atoms with Gasteiger partial charge in [0.25, 0.3) is 0 Å². The smallest absolute Gasteiger partial charge is 0.175 e. The molecule has 0 saturated carbocycles. The Labute approximate surface area is 127 Å². The molecule has 0 N–H and O–H groups in total. The molecule has 0 radical (unpaired) electrons. The largest absolute Gasteiger partial charge is 0.224 e. The van der Waals surface area contributed by atoms with Gasteiger partial charge in [-0.05, 0) is 49.2 Å². The minimum atomic E-state index is -3.17.